The van der Waals surface area contributed by atoms with Gasteiger partial charge in [-0.3, -0.25) is 0 Å². The number of piperidine rings is 1. The second-order valence-electron chi connectivity index (χ2n) is 4.57. The lowest BCUT2D eigenvalue weighted by Gasteiger charge is -2.29. The van der Waals surface area contributed by atoms with Gasteiger partial charge >= 0.3 is 0 Å². The van der Waals surface area contributed by atoms with Crippen molar-refractivity contribution in [3.8, 4) is 0 Å². The van der Waals surface area contributed by atoms with E-state index in [1.165, 1.54) is 5.01 Å². The predicted molar refractivity (Wildman–Crippen MR) is 71.7 cm³/mol. The summed E-state index contributed by atoms with van der Waals surface area (Å²) in [5.74, 6) is 0.509. The van der Waals surface area contributed by atoms with Crippen LogP contribution in [0.15, 0.2) is 5.38 Å². The molecule has 3 nitrogen and oxygen atoms in total. The molecule has 0 radical (unpaired) electrons. The Morgan fingerprint density at radius 1 is 1.59 bits per heavy atom. The summed E-state index contributed by atoms with van der Waals surface area (Å²) >= 11 is 7.42. The molecule has 1 aliphatic rings. The van der Waals surface area contributed by atoms with Gasteiger partial charge in [0.15, 0.2) is 0 Å². The lowest BCUT2D eigenvalue weighted by Crippen LogP contribution is -2.38. The lowest BCUT2D eigenvalue weighted by molar-refractivity contribution is 0.0702. The SMILES string of the molecule is OC1CCCN(CCCc2nc(CCl)cs2)C1. The number of likely N-dealkylation sites (tertiary alicyclic amines) is 1. The van der Waals surface area contributed by atoms with E-state index >= 15 is 0 Å². The van der Waals surface area contributed by atoms with Crippen LogP contribution in [0.3, 0.4) is 0 Å². The molecule has 0 spiro atoms. The molecule has 0 bridgehead atoms. The van der Waals surface area contributed by atoms with Crippen molar-refractivity contribution in [3.63, 3.8) is 0 Å². The van der Waals surface area contributed by atoms with Crippen LogP contribution in [-0.4, -0.2) is 40.7 Å². The first-order valence-electron chi connectivity index (χ1n) is 6.17. The highest BCUT2D eigenvalue weighted by Crippen LogP contribution is 2.15. The van der Waals surface area contributed by atoms with Crippen molar-refractivity contribution in [1.82, 2.24) is 9.88 Å². The zero-order valence-electron chi connectivity index (χ0n) is 9.94. The summed E-state index contributed by atoms with van der Waals surface area (Å²) in [7, 11) is 0. The van der Waals surface area contributed by atoms with Crippen molar-refractivity contribution < 1.29 is 5.11 Å². The number of β-amino-alcohol motifs (C(OH)–C–C–N with tert-alkyl or cyclic N) is 1. The summed E-state index contributed by atoms with van der Waals surface area (Å²) in [6, 6.07) is 0. The van der Waals surface area contributed by atoms with E-state index in [1.807, 2.05) is 5.38 Å². The number of hydrogen-bond acceptors (Lipinski definition) is 4. The van der Waals surface area contributed by atoms with Gasteiger partial charge in [0.05, 0.1) is 22.7 Å². The van der Waals surface area contributed by atoms with Crippen LogP contribution in [0.4, 0.5) is 0 Å². The minimum Gasteiger partial charge on any atom is -0.392 e. The molecule has 1 aromatic heterocycles. The number of nitrogens with zero attached hydrogens (tertiary/aromatic N) is 2. The molecule has 1 unspecified atom stereocenters. The zero-order valence-corrected chi connectivity index (χ0v) is 11.5. The molecule has 17 heavy (non-hydrogen) atoms. The molecule has 2 heterocycles. The molecule has 0 amide bonds. The van der Waals surface area contributed by atoms with Gasteiger partial charge in [0.1, 0.15) is 0 Å². The number of aromatic nitrogens is 1. The second-order valence-corrected chi connectivity index (χ2v) is 5.78. The first-order chi connectivity index (χ1) is 8.28. The Balaban J connectivity index is 1.68. The number of rotatable bonds is 5. The predicted octanol–water partition coefficient (Wildman–Crippen LogP) is 2.27. The van der Waals surface area contributed by atoms with Crippen molar-refractivity contribution in [3.05, 3.63) is 16.1 Å². The summed E-state index contributed by atoms with van der Waals surface area (Å²) in [4.78, 5) is 6.80. The molecule has 1 aliphatic heterocycles. The van der Waals surface area contributed by atoms with Crippen molar-refractivity contribution in [2.45, 2.75) is 37.7 Å². The Labute approximate surface area is 111 Å². The molecule has 0 aliphatic carbocycles. The Bertz CT molecular complexity index is 345. The van der Waals surface area contributed by atoms with E-state index in [1.54, 1.807) is 11.3 Å². The minimum atomic E-state index is -0.119. The first kappa shape index (κ1) is 13.3. The maximum atomic E-state index is 9.56. The van der Waals surface area contributed by atoms with E-state index in [-0.39, 0.29) is 6.10 Å². The van der Waals surface area contributed by atoms with Gasteiger partial charge in [-0.25, -0.2) is 4.98 Å². The van der Waals surface area contributed by atoms with Crippen LogP contribution in [0.5, 0.6) is 0 Å². The van der Waals surface area contributed by atoms with E-state index in [0.29, 0.717) is 5.88 Å². The molecule has 0 aromatic carbocycles. The third kappa shape index (κ3) is 4.21. The van der Waals surface area contributed by atoms with Crippen molar-refractivity contribution >= 4 is 22.9 Å². The summed E-state index contributed by atoms with van der Waals surface area (Å²) in [6.45, 7) is 3.03. The maximum absolute atomic E-state index is 9.56. The van der Waals surface area contributed by atoms with E-state index in [9.17, 15) is 5.11 Å². The fourth-order valence-corrected chi connectivity index (χ4v) is 3.28. The van der Waals surface area contributed by atoms with E-state index in [0.717, 1.165) is 51.0 Å². The van der Waals surface area contributed by atoms with Crippen LogP contribution in [-0.2, 0) is 12.3 Å². The highest BCUT2D eigenvalue weighted by molar-refractivity contribution is 7.09. The number of aryl methyl sites for hydroxylation is 1. The maximum Gasteiger partial charge on any atom is 0.0929 e. The molecule has 5 heteroatoms. The molecule has 1 saturated heterocycles. The Hall–Kier alpha value is -0.160. The van der Waals surface area contributed by atoms with Gasteiger partial charge < -0.3 is 10.0 Å². The van der Waals surface area contributed by atoms with Gasteiger partial charge in [0.2, 0.25) is 0 Å². The van der Waals surface area contributed by atoms with Crippen LogP contribution in [0.1, 0.15) is 30.0 Å². The van der Waals surface area contributed by atoms with Crippen LogP contribution in [0.2, 0.25) is 0 Å². The van der Waals surface area contributed by atoms with Crippen LogP contribution in [0.25, 0.3) is 0 Å². The number of aliphatic hydroxyl groups excluding tert-OH is 1. The summed E-state index contributed by atoms with van der Waals surface area (Å²) in [5, 5.41) is 12.8. The molecular formula is C12H19ClN2OS. The van der Waals surface area contributed by atoms with Crippen LogP contribution < -0.4 is 0 Å². The third-order valence-electron chi connectivity index (χ3n) is 3.08. The quantitative estimate of drug-likeness (QED) is 0.837. The highest BCUT2D eigenvalue weighted by Gasteiger charge is 2.16. The summed E-state index contributed by atoms with van der Waals surface area (Å²) in [6.07, 6.45) is 4.10. The molecule has 1 fully saturated rings. The Morgan fingerprint density at radius 2 is 2.47 bits per heavy atom. The highest BCUT2D eigenvalue weighted by atomic mass is 35.5. The summed E-state index contributed by atoms with van der Waals surface area (Å²) < 4.78 is 0. The Kier molecular flexibility index (Phi) is 5.22. The number of thiazole rings is 1. The topological polar surface area (TPSA) is 36.4 Å². The van der Waals surface area contributed by atoms with Gasteiger partial charge in [-0.2, -0.15) is 0 Å². The molecule has 0 saturated carbocycles. The number of halogens is 1. The monoisotopic (exact) mass is 274 g/mol. The second kappa shape index (κ2) is 6.69. The fourth-order valence-electron chi connectivity index (χ4n) is 2.21. The molecule has 1 atom stereocenters. The van der Waals surface area contributed by atoms with E-state index in [4.69, 9.17) is 11.6 Å². The molecule has 96 valence electrons. The third-order valence-corrected chi connectivity index (χ3v) is 4.31. The number of hydrogen-bond donors (Lipinski definition) is 1. The van der Waals surface area contributed by atoms with Crippen LogP contribution >= 0.6 is 22.9 Å². The van der Waals surface area contributed by atoms with Gasteiger partial charge in [0, 0.05) is 18.3 Å². The first-order valence-corrected chi connectivity index (χ1v) is 7.59. The smallest absolute Gasteiger partial charge is 0.0929 e. The zero-order chi connectivity index (χ0) is 12.1. The van der Waals surface area contributed by atoms with E-state index < -0.39 is 0 Å². The van der Waals surface area contributed by atoms with Gasteiger partial charge in [-0.1, -0.05) is 0 Å². The van der Waals surface area contributed by atoms with Crippen LogP contribution in [0, 0.1) is 0 Å². The normalized spacial score (nSPS) is 21.9. The Morgan fingerprint density at radius 3 is 3.18 bits per heavy atom. The summed E-state index contributed by atoms with van der Waals surface area (Å²) in [5.41, 5.74) is 0.986. The van der Waals surface area contributed by atoms with Crippen molar-refractivity contribution in [1.29, 1.82) is 0 Å². The van der Waals surface area contributed by atoms with Crippen molar-refractivity contribution in [2.75, 3.05) is 19.6 Å². The molecule has 2 rings (SSSR count). The standard InChI is InChI=1S/C12H19ClN2OS/c13-7-10-9-17-12(14-10)4-2-6-15-5-1-3-11(16)8-15/h9,11,16H,1-8H2. The van der Waals surface area contributed by atoms with E-state index in [2.05, 4.69) is 9.88 Å². The van der Waals surface area contributed by atoms with Gasteiger partial charge in [-0.15, -0.1) is 22.9 Å². The lowest BCUT2D eigenvalue weighted by atomic mass is 10.1. The average molecular weight is 275 g/mol. The number of aliphatic hydroxyl groups is 1. The minimum absolute atomic E-state index is 0.119. The molecule has 1 aromatic rings. The molecule has 1 N–H and O–H groups in total. The largest absolute Gasteiger partial charge is 0.392 e. The van der Waals surface area contributed by atoms with Gasteiger partial charge in [-0.05, 0) is 32.4 Å². The molecular weight excluding hydrogens is 256 g/mol. The van der Waals surface area contributed by atoms with Crippen molar-refractivity contribution in [2.24, 2.45) is 0 Å². The van der Waals surface area contributed by atoms with Gasteiger partial charge in [0.25, 0.3) is 0 Å². The fraction of sp³-hybridized carbons (Fsp3) is 0.750. The number of alkyl halides is 1. The average Bonchev–Trinajstić information content (AvgIpc) is 2.77.